The molecule has 84 valence electrons. The molecule has 0 heterocycles. The van der Waals surface area contributed by atoms with Crippen LogP contribution in [0.25, 0.3) is 0 Å². The molecule has 0 aliphatic carbocycles. The minimum atomic E-state index is 0.716. The van der Waals surface area contributed by atoms with E-state index in [0.717, 1.165) is 23.1 Å². The maximum Gasteiger partial charge on any atom is 0.136 e. The molecule has 0 saturated carbocycles. The van der Waals surface area contributed by atoms with E-state index in [-0.39, 0.29) is 0 Å². The van der Waals surface area contributed by atoms with Gasteiger partial charge in [0, 0.05) is 0 Å². The molecule has 0 unspecified atom stereocenters. The Morgan fingerprint density at radius 2 is 2.00 bits per heavy atom. The molecule has 0 fully saturated rings. The summed E-state index contributed by atoms with van der Waals surface area (Å²) in [6, 6.07) is 2.18. The second-order valence-electron chi connectivity index (χ2n) is 3.73. The highest BCUT2D eigenvalue weighted by Crippen LogP contribution is 2.35. The largest absolute Gasteiger partial charge is 0.495 e. The minimum Gasteiger partial charge on any atom is -0.495 e. The molecule has 0 radical (unpaired) electrons. The van der Waals surface area contributed by atoms with Gasteiger partial charge in [-0.2, -0.15) is 0 Å². The van der Waals surface area contributed by atoms with Gasteiger partial charge in [-0.05, 0) is 65.9 Å². The molecule has 3 heteroatoms. The summed E-state index contributed by atoms with van der Waals surface area (Å²) in [6.45, 7) is 4.91. The number of rotatable bonds is 4. The Hall–Kier alpha value is -0.540. The summed E-state index contributed by atoms with van der Waals surface area (Å²) >= 11 is 3.56. The van der Waals surface area contributed by atoms with E-state index >= 15 is 0 Å². The molecule has 0 aliphatic rings. The maximum absolute atomic E-state index is 5.53. The van der Waals surface area contributed by atoms with Crippen molar-refractivity contribution in [3.05, 3.63) is 27.2 Å². The highest BCUT2D eigenvalue weighted by atomic mass is 79.9. The fourth-order valence-electron chi connectivity index (χ4n) is 1.77. The van der Waals surface area contributed by atoms with Crippen molar-refractivity contribution in [1.82, 2.24) is 0 Å². The van der Waals surface area contributed by atoms with Crippen LogP contribution in [0.1, 0.15) is 23.1 Å². The number of nitrogens with two attached hydrogens (primary N) is 1. The molecule has 2 nitrogen and oxygen atoms in total. The average Bonchev–Trinajstić information content (AvgIpc) is 2.21. The molecule has 0 aromatic heterocycles. The van der Waals surface area contributed by atoms with E-state index in [1.807, 2.05) is 0 Å². The second kappa shape index (κ2) is 5.52. The lowest BCUT2D eigenvalue weighted by Gasteiger charge is -2.15. The first-order chi connectivity index (χ1) is 7.11. The quantitative estimate of drug-likeness (QED) is 0.914. The van der Waals surface area contributed by atoms with Crippen molar-refractivity contribution in [1.29, 1.82) is 0 Å². The van der Waals surface area contributed by atoms with Crippen LogP contribution in [0.15, 0.2) is 10.5 Å². The van der Waals surface area contributed by atoms with Crippen LogP contribution in [-0.2, 0) is 6.42 Å². The predicted molar refractivity (Wildman–Crippen MR) is 67.5 cm³/mol. The summed E-state index contributed by atoms with van der Waals surface area (Å²) in [7, 11) is 1.71. The molecule has 0 spiro atoms. The molecule has 0 aliphatic heterocycles. The van der Waals surface area contributed by atoms with Gasteiger partial charge in [-0.1, -0.05) is 6.07 Å². The molecular weight excluding hydrogens is 254 g/mol. The van der Waals surface area contributed by atoms with E-state index in [4.69, 9.17) is 10.5 Å². The second-order valence-corrected chi connectivity index (χ2v) is 4.52. The standard InChI is InChI=1S/C12H18BrNO/c1-8-7-9(2)11(13)12(15-3)10(8)5-4-6-14/h7H,4-6,14H2,1-3H3. The van der Waals surface area contributed by atoms with Gasteiger partial charge in [0.1, 0.15) is 5.75 Å². The number of aryl methyl sites for hydroxylation is 2. The molecular formula is C12H18BrNO. The number of halogens is 1. The Morgan fingerprint density at radius 3 is 2.53 bits per heavy atom. The van der Waals surface area contributed by atoms with Crippen molar-refractivity contribution in [3.63, 3.8) is 0 Å². The van der Waals surface area contributed by atoms with Crippen molar-refractivity contribution in [3.8, 4) is 5.75 Å². The topological polar surface area (TPSA) is 35.2 Å². The molecule has 0 bridgehead atoms. The molecule has 0 saturated heterocycles. The zero-order valence-corrected chi connectivity index (χ0v) is 11.1. The predicted octanol–water partition coefficient (Wildman–Crippen LogP) is 2.97. The monoisotopic (exact) mass is 271 g/mol. The summed E-state index contributed by atoms with van der Waals surface area (Å²) in [5, 5.41) is 0. The molecule has 1 rings (SSSR count). The molecule has 0 atom stereocenters. The third-order valence-electron chi connectivity index (χ3n) is 2.56. The SMILES string of the molecule is COc1c(Br)c(C)cc(C)c1CCCN. The van der Waals surface area contributed by atoms with Crippen LogP contribution in [0.4, 0.5) is 0 Å². The third kappa shape index (κ3) is 2.73. The van der Waals surface area contributed by atoms with Crippen LogP contribution >= 0.6 is 15.9 Å². The van der Waals surface area contributed by atoms with Crippen LogP contribution in [0.2, 0.25) is 0 Å². The van der Waals surface area contributed by atoms with E-state index in [1.165, 1.54) is 16.7 Å². The van der Waals surface area contributed by atoms with Crippen LogP contribution in [0.5, 0.6) is 5.75 Å². The lowest BCUT2D eigenvalue weighted by atomic mass is 10.00. The lowest BCUT2D eigenvalue weighted by Crippen LogP contribution is -2.04. The average molecular weight is 272 g/mol. The van der Waals surface area contributed by atoms with Crippen LogP contribution in [0, 0.1) is 13.8 Å². The Morgan fingerprint density at radius 1 is 1.33 bits per heavy atom. The van der Waals surface area contributed by atoms with E-state index in [1.54, 1.807) is 7.11 Å². The summed E-state index contributed by atoms with van der Waals surface area (Å²) in [6.07, 6.45) is 1.97. The van der Waals surface area contributed by atoms with Gasteiger partial charge >= 0.3 is 0 Å². The Kier molecular flexibility index (Phi) is 4.61. The fraction of sp³-hybridized carbons (Fsp3) is 0.500. The van der Waals surface area contributed by atoms with E-state index in [2.05, 4.69) is 35.8 Å². The zero-order valence-electron chi connectivity index (χ0n) is 9.56. The Labute approximate surface area is 99.9 Å². The summed E-state index contributed by atoms with van der Waals surface area (Å²) in [5.41, 5.74) is 9.29. The van der Waals surface area contributed by atoms with Crippen molar-refractivity contribution in [2.24, 2.45) is 5.73 Å². The molecule has 2 N–H and O–H groups in total. The van der Waals surface area contributed by atoms with Gasteiger partial charge in [-0.15, -0.1) is 0 Å². The first-order valence-electron chi connectivity index (χ1n) is 5.14. The summed E-state index contributed by atoms with van der Waals surface area (Å²) in [4.78, 5) is 0. The molecule has 1 aromatic rings. The lowest BCUT2D eigenvalue weighted by molar-refractivity contribution is 0.405. The number of hydrogen-bond acceptors (Lipinski definition) is 2. The normalized spacial score (nSPS) is 10.5. The highest BCUT2D eigenvalue weighted by Gasteiger charge is 2.12. The van der Waals surface area contributed by atoms with Gasteiger partial charge in [0.15, 0.2) is 0 Å². The number of methoxy groups -OCH3 is 1. The molecule has 0 amide bonds. The third-order valence-corrected chi connectivity index (χ3v) is 3.55. The highest BCUT2D eigenvalue weighted by molar-refractivity contribution is 9.10. The van der Waals surface area contributed by atoms with Gasteiger partial charge in [0.05, 0.1) is 11.6 Å². The van der Waals surface area contributed by atoms with Crippen LogP contribution < -0.4 is 10.5 Å². The van der Waals surface area contributed by atoms with Crippen LogP contribution in [0.3, 0.4) is 0 Å². The van der Waals surface area contributed by atoms with Gasteiger partial charge in [0.25, 0.3) is 0 Å². The van der Waals surface area contributed by atoms with Crippen molar-refractivity contribution in [2.75, 3.05) is 13.7 Å². The first kappa shape index (κ1) is 12.5. The van der Waals surface area contributed by atoms with Gasteiger partial charge in [-0.25, -0.2) is 0 Å². The van der Waals surface area contributed by atoms with Crippen molar-refractivity contribution < 1.29 is 4.74 Å². The van der Waals surface area contributed by atoms with Crippen molar-refractivity contribution >= 4 is 15.9 Å². The minimum absolute atomic E-state index is 0.716. The number of ether oxygens (including phenoxy) is 1. The van der Waals surface area contributed by atoms with Crippen LogP contribution in [-0.4, -0.2) is 13.7 Å². The Bertz CT molecular complexity index is 350. The first-order valence-corrected chi connectivity index (χ1v) is 5.93. The summed E-state index contributed by atoms with van der Waals surface area (Å²) < 4.78 is 6.51. The maximum atomic E-state index is 5.53. The number of benzene rings is 1. The smallest absolute Gasteiger partial charge is 0.136 e. The van der Waals surface area contributed by atoms with E-state index < -0.39 is 0 Å². The molecule has 15 heavy (non-hydrogen) atoms. The van der Waals surface area contributed by atoms with E-state index in [0.29, 0.717) is 6.54 Å². The number of hydrogen-bond donors (Lipinski definition) is 1. The zero-order chi connectivity index (χ0) is 11.4. The van der Waals surface area contributed by atoms with E-state index in [9.17, 15) is 0 Å². The fourth-order valence-corrected chi connectivity index (χ4v) is 2.28. The van der Waals surface area contributed by atoms with Gasteiger partial charge < -0.3 is 10.5 Å². The van der Waals surface area contributed by atoms with Crippen molar-refractivity contribution in [2.45, 2.75) is 26.7 Å². The van der Waals surface area contributed by atoms with Gasteiger partial charge in [0.2, 0.25) is 0 Å². The summed E-state index contributed by atoms with van der Waals surface area (Å²) in [5.74, 6) is 0.959. The van der Waals surface area contributed by atoms with Gasteiger partial charge in [-0.3, -0.25) is 0 Å². The Balaban J connectivity index is 3.16. The molecule has 1 aromatic carbocycles.